The molecule has 0 aromatic heterocycles. The zero-order chi connectivity index (χ0) is 26.7. The summed E-state index contributed by atoms with van der Waals surface area (Å²) in [6.07, 6.45) is 0.920. The van der Waals surface area contributed by atoms with Gasteiger partial charge in [-0.25, -0.2) is 8.42 Å². The fraction of sp³-hybridized carbons (Fsp3) is 0.364. The zero-order valence-electron chi connectivity index (χ0n) is 19.3. The molecule has 0 aliphatic rings. The summed E-state index contributed by atoms with van der Waals surface area (Å²) in [6, 6.07) is 6.21. The minimum Gasteiger partial charge on any atom is -0.352 e. The molecule has 35 heavy (non-hydrogen) atoms. The van der Waals surface area contributed by atoms with Crippen molar-refractivity contribution in [3.05, 3.63) is 61.0 Å². The monoisotopic (exact) mass is 601 g/mol. The molecule has 0 heterocycles. The zero-order valence-corrected chi connectivity index (χ0v) is 23.9. The molecule has 1 atom stereocenters. The van der Waals surface area contributed by atoms with Gasteiger partial charge in [0.05, 0.1) is 27.0 Å². The number of amides is 2. The van der Waals surface area contributed by atoms with Crippen LogP contribution in [-0.4, -0.2) is 50.0 Å². The van der Waals surface area contributed by atoms with Gasteiger partial charge in [-0.15, -0.1) is 0 Å². The first kappa shape index (κ1) is 29.8. The lowest BCUT2D eigenvalue weighted by Gasteiger charge is -2.32. The Morgan fingerprint density at radius 2 is 1.46 bits per heavy atom. The van der Waals surface area contributed by atoms with Crippen molar-refractivity contribution >= 4 is 85.5 Å². The third kappa shape index (κ3) is 7.78. The highest BCUT2D eigenvalue weighted by molar-refractivity contribution is 7.92. The lowest BCUT2D eigenvalue weighted by molar-refractivity contribution is -0.139. The van der Waals surface area contributed by atoms with E-state index in [1.54, 1.807) is 32.0 Å². The average Bonchev–Trinajstić information content (AvgIpc) is 2.73. The van der Waals surface area contributed by atoms with Crippen LogP contribution >= 0.6 is 58.0 Å². The molecule has 13 heteroatoms. The summed E-state index contributed by atoms with van der Waals surface area (Å²) in [7, 11) is -4.01. The number of sulfonamides is 1. The Morgan fingerprint density at radius 1 is 0.914 bits per heavy atom. The maximum Gasteiger partial charge on any atom is 0.244 e. The number of hydrogen-bond donors (Lipinski definition) is 1. The van der Waals surface area contributed by atoms with Gasteiger partial charge in [0.25, 0.3) is 0 Å². The van der Waals surface area contributed by atoms with E-state index in [4.69, 9.17) is 58.0 Å². The van der Waals surface area contributed by atoms with E-state index >= 15 is 0 Å². The highest BCUT2D eigenvalue weighted by Gasteiger charge is 2.32. The number of nitrogens with zero attached hydrogens (tertiary/aromatic N) is 2. The van der Waals surface area contributed by atoms with E-state index in [0.717, 1.165) is 10.6 Å². The van der Waals surface area contributed by atoms with Crippen molar-refractivity contribution in [2.24, 2.45) is 0 Å². The molecule has 192 valence electrons. The van der Waals surface area contributed by atoms with Gasteiger partial charge in [-0.3, -0.25) is 13.9 Å². The minimum absolute atomic E-state index is 0.0241. The summed E-state index contributed by atoms with van der Waals surface area (Å²) in [5.74, 6) is -1.13. The third-order valence-electron chi connectivity index (χ3n) is 4.93. The Bertz CT molecular complexity index is 1200. The van der Waals surface area contributed by atoms with Gasteiger partial charge in [-0.05, 0) is 45.0 Å². The van der Waals surface area contributed by atoms with Gasteiger partial charge >= 0.3 is 0 Å². The van der Waals surface area contributed by atoms with Crippen molar-refractivity contribution in [1.82, 2.24) is 10.2 Å². The van der Waals surface area contributed by atoms with Gasteiger partial charge in [0, 0.05) is 28.2 Å². The van der Waals surface area contributed by atoms with Gasteiger partial charge in [0.15, 0.2) is 0 Å². The second-order valence-electron chi connectivity index (χ2n) is 8.05. The van der Waals surface area contributed by atoms with Crippen LogP contribution in [0.15, 0.2) is 30.3 Å². The SMILES string of the molecule is CC(C)NC(=O)C(C)N(Cc1c(Cl)cccc1Cl)C(=O)CN(c1cc(Cl)c(Cl)cc1Cl)S(C)(=O)=O. The molecule has 0 aliphatic heterocycles. The molecule has 0 bridgehead atoms. The molecule has 0 fully saturated rings. The summed E-state index contributed by atoms with van der Waals surface area (Å²) >= 11 is 30.9. The fourth-order valence-corrected chi connectivity index (χ4v) is 5.20. The molecule has 2 amide bonds. The van der Waals surface area contributed by atoms with Crippen molar-refractivity contribution in [1.29, 1.82) is 0 Å². The molecule has 0 saturated carbocycles. The van der Waals surface area contributed by atoms with Gasteiger partial charge in [0.2, 0.25) is 21.8 Å². The van der Waals surface area contributed by atoms with Crippen molar-refractivity contribution in [2.75, 3.05) is 17.1 Å². The van der Waals surface area contributed by atoms with Crippen LogP contribution in [0.2, 0.25) is 25.1 Å². The number of carbonyl (C=O) groups is 2. The number of anilines is 1. The maximum atomic E-state index is 13.5. The molecule has 0 spiro atoms. The van der Waals surface area contributed by atoms with E-state index in [2.05, 4.69) is 5.32 Å². The minimum atomic E-state index is -4.01. The van der Waals surface area contributed by atoms with Crippen LogP contribution in [0.25, 0.3) is 0 Å². The van der Waals surface area contributed by atoms with Crippen LogP contribution in [0.5, 0.6) is 0 Å². The van der Waals surface area contributed by atoms with Crippen LogP contribution in [-0.2, 0) is 26.2 Å². The number of rotatable bonds is 9. The summed E-state index contributed by atoms with van der Waals surface area (Å²) in [4.78, 5) is 27.5. The number of carbonyl (C=O) groups excluding carboxylic acids is 2. The molecule has 1 unspecified atom stereocenters. The highest BCUT2D eigenvalue weighted by atomic mass is 35.5. The van der Waals surface area contributed by atoms with E-state index in [1.807, 2.05) is 0 Å². The number of halogens is 5. The summed E-state index contributed by atoms with van der Waals surface area (Å²) < 4.78 is 26.1. The second kappa shape index (κ2) is 12.2. The lowest BCUT2D eigenvalue weighted by atomic mass is 10.1. The molecule has 1 N–H and O–H groups in total. The van der Waals surface area contributed by atoms with Crippen molar-refractivity contribution in [3.8, 4) is 0 Å². The standard InChI is InChI=1S/C22H24Cl5N3O4S/c1-12(2)28-22(32)13(3)29(10-14-15(23)6-5-7-16(14)24)21(31)11-30(35(4,33)34)20-9-18(26)17(25)8-19(20)27/h5-9,12-13H,10-11H2,1-4H3,(H,28,32). The Labute approximate surface area is 230 Å². The van der Waals surface area contributed by atoms with E-state index in [0.29, 0.717) is 15.6 Å². The van der Waals surface area contributed by atoms with Crippen LogP contribution in [0.4, 0.5) is 5.69 Å². The summed E-state index contributed by atoms with van der Waals surface area (Å²) in [6.45, 7) is 4.27. The van der Waals surface area contributed by atoms with Crippen LogP contribution in [0.1, 0.15) is 26.3 Å². The van der Waals surface area contributed by atoms with Gasteiger partial charge < -0.3 is 10.2 Å². The number of benzene rings is 2. The Balaban J connectivity index is 2.52. The first-order chi connectivity index (χ1) is 16.1. The molecule has 2 rings (SSSR count). The Kier molecular flexibility index (Phi) is 10.4. The van der Waals surface area contributed by atoms with E-state index in [-0.39, 0.29) is 33.3 Å². The van der Waals surface area contributed by atoms with Crippen molar-refractivity contribution in [3.63, 3.8) is 0 Å². The van der Waals surface area contributed by atoms with Crippen LogP contribution < -0.4 is 9.62 Å². The van der Waals surface area contributed by atoms with Crippen molar-refractivity contribution < 1.29 is 18.0 Å². The maximum absolute atomic E-state index is 13.5. The van der Waals surface area contributed by atoms with Crippen molar-refractivity contribution in [2.45, 2.75) is 39.4 Å². The number of nitrogens with one attached hydrogen (secondary N) is 1. The van der Waals surface area contributed by atoms with Gasteiger partial charge in [-0.2, -0.15) is 0 Å². The molecule has 0 saturated heterocycles. The fourth-order valence-electron chi connectivity index (χ4n) is 3.14. The second-order valence-corrected chi connectivity index (χ2v) is 12.0. The molecule has 2 aromatic carbocycles. The average molecular weight is 604 g/mol. The van der Waals surface area contributed by atoms with Gasteiger partial charge in [-0.1, -0.05) is 64.1 Å². The Morgan fingerprint density at radius 3 is 1.97 bits per heavy atom. The van der Waals surface area contributed by atoms with Crippen LogP contribution in [0, 0.1) is 0 Å². The quantitative estimate of drug-likeness (QED) is 0.375. The van der Waals surface area contributed by atoms with E-state index in [1.165, 1.54) is 24.0 Å². The molecular weight excluding hydrogens is 580 g/mol. The topological polar surface area (TPSA) is 86.8 Å². The van der Waals surface area contributed by atoms with Crippen LogP contribution in [0.3, 0.4) is 0 Å². The highest BCUT2D eigenvalue weighted by Crippen LogP contribution is 2.36. The first-order valence-electron chi connectivity index (χ1n) is 10.3. The largest absolute Gasteiger partial charge is 0.352 e. The first-order valence-corrected chi connectivity index (χ1v) is 14.0. The summed E-state index contributed by atoms with van der Waals surface area (Å²) in [5, 5.41) is 3.48. The smallest absolute Gasteiger partial charge is 0.244 e. The predicted molar refractivity (Wildman–Crippen MR) is 143 cm³/mol. The molecule has 7 nitrogen and oxygen atoms in total. The van der Waals surface area contributed by atoms with E-state index in [9.17, 15) is 18.0 Å². The predicted octanol–water partition coefficient (Wildman–Crippen LogP) is 5.66. The van der Waals surface area contributed by atoms with E-state index < -0.39 is 34.4 Å². The molecule has 0 aliphatic carbocycles. The lowest BCUT2D eigenvalue weighted by Crippen LogP contribution is -2.52. The molecular formula is C22H24Cl5N3O4S. The normalized spacial score (nSPS) is 12.4. The summed E-state index contributed by atoms with van der Waals surface area (Å²) in [5.41, 5.74) is 0.374. The molecule has 0 radical (unpaired) electrons. The number of hydrogen-bond acceptors (Lipinski definition) is 4. The molecule has 2 aromatic rings. The Hall–Kier alpha value is -1.42. The third-order valence-corrected chi connectivity index (χ3v) is 7.79. The van der Waals surface area contributed by atoms with Gasteiger partial charge in [0.1, 0.15) is 12.6 Å².